The van der Waals surface area contributed by atoms with Crippen molar-refractivity contribution < 1.29 is 4.79 Å². The van der Waals surface area contributed by atoms with E-state index >= 15 is 0 Å². The molecule has 4 heteroatoms. The molecule has 0 heterocycles. The number of unbranched alkanes of at least 4 members (excludes halogenated alkanes) is 2. The summed E-state index contributed by atoms with van der Waals surface area (Å²) in [5.41, 5.74) is 11.0. The standard InChI is InChI=1S/C10H23N3O/c1-2-3-6-9(12)10(14)13-8-5-4-7-11/h9H,2-8,11-12H2,1H3,(H,13,14)/t9-/m0/s1. The minimum Gasteiger partial charge on any atom is -0.355 e. The molecule has 5 N–H and O–H groups in total. The molecule has 0 saturated carbocycles. The van der Waals surface area contributed by atoms with Crippen molar-refractivity contribution in [3.05, 3.63) is 0 Å². The van der Waals surface area contributed by atoms with Crippen LogP contribution in [0.5, 0.6) is 0 Å². The highest BCUT2D eigenvalue weighted by Gasteiger charge is 2.10. The van der Waals surface area contributed by atoms with Crippen LogP contribution in [0.4, 0.5) is 0 Å². The smallest absolute Gasteiger partial charge is 0.236 e. The van der Waals surface area contributed by atoms with Crippen molar-refractivity contribution in [2.75, 3.05) is 13.1 Å². The molecule has 0 saturated heterocycles. The third-order valence-corrected chi connectivity index (χ3v) is 2.14. The minimum atomic E-state index is -0.340. The first-order valence-corrected chi connectivity index (χ1v) is 5.45. The summed E-state index contributed by atoms with van der Waals surface area (Å²) < 4.78 is 0. The summed E-state index contributed by atoms with van der Waals surface area (Å²) in [6.07, 6.45) is 4.75. The summed E-state index contributed by atoms with van der Waals surface area (Å²) >= 11 is 0. The van der Waals surface area contributed by atoms with Gasteiger partial charge in [0.2, 0.25) is 5.91 Å². The van der Waals surface area contributed by atoms with E-state index in [4.69, 9.17) is 11.5 Å². The van der Waals surface area contributed by atoms with Gasteiger partial charge in [-0.05, 0) is 25.8 Å². The predicted molar refractivity (Wildman–Crippen MR) is 58.8 cm³/mol. The fourth-order valence-electron chi connectivity index (χ4n) is 1.17. The number of rotatable bonds is 8. The van der Waals surface area contributed by atoms with Crippen LogP contribution in [-0.4, -0.2) is 25.0 Å². The number of hydrogen-bond acceptors (Lipinski definition) is 3. The molecule has 14 heavy (non-hydrogen) atoms. The van der Waals surface area contributed by atoms with Crippen molar-refractivity contribution >= 4 is 5.91 Å². The van der Waals surface area contributed by atoms with Crippen molar-refractivity contribution in [3.63, 3.8) is 0 Å². The van der Waals surface area contributed by atoms with Crippen LogP contribution >= 0.6 is 0 Å². The van der Waals surface area contributed by atoms with Gasteiger partial charge < -0.3 is 16.8 Å². The molecule has 0 unspecified atom stereocenters. The Kier molecular flexibility index (Phi) is 8.57. The Morgan fingerprint density at radius 2 is 2.07 bits per heavy atom. The highest BCUT2D eigenvalue weighted by molar-refractivity contribution is 5.81. The topological polar surface area (TPSA) is 81.1 Å². The molecule has 0 aliphatic carbocycles. The molecular weight excluding hydrogens is 178 g/mol. The maximum atomic E-state index is 11.3. The highest BCUT2D eigenvalue weighted by atomic mass is 16.2. The molecule has 4 nitrogen and oxygen atoms in total. The van der Waals surface area contributed by atoms with Crippen molar-refractivity contribution in [2.45, 2.75) is 45.1 Å². The summed E-state index contributed by atoms with van der Waals surface area (Å²) in [6, 6.07) is -0.340. The molecule has 0 spiro atoms. The van der Waals surface area contributed by atoms with Crippen LogP contribution in [0.3, 0.4) is 0 Å². The van der Waals surface area contributed by atoms with E-state index in [0.29, 0.717) is 13.1 Å². The zero-order chi connectivity index (χ0) is 10.8. The third kappa shape index (κ3) is 6.86. The van der Waals surface area contributed by atoms with Gasteiger partial charge in [-0.15, -0.1) is 0 Å². The Morgan fingerprint density at radius 3 is 2.64 bits per heavy atom. The third-order valence-electron chi connectivity index (χ3n) is 2.14. The quantitative estimate of drug-likeness (QED) is 0.496. The number of nitrogens with two attached hydrogens (primary N) is 2. The maximum Gasteiger partial charge on any atom is 0.236 e. The summed E-state index contributed by atoms with van der Waals surface area (Å²) in [6.45, 7) is 3.46. The first-order valence-electron chi connectivity index (χ1n) is 5.45. The van der Waals surface area contributed by atoms with Crippen LogP contribution in [0.2, 0.25) is 0 Å². The molecule has 0 aromatic carbocycles. The molecule has 0 aromatic heterocycles. The van der Waals surface area contributed by atoms with Gasteiger partial charge in [0, 0.05) is 6.54 Å². The van der Waals surface area contributed by atoms with Crippen LogP contribution in [-0.2, 0) is 4.79 Å². The van der Waals surface area contributed by atoms with Gasteiger partial charge in [-0.3, -0.25) is 4.79 Å². The van der Waals surface area contributed by atoms with E-state index in [1.54, 1.807) is 0 Å². The predicted octanol–water partition coefficient (Wildman–Crippen LogP) is 0.359. The van der Waals surface area contributed by atoms with E-state index in [2.05, 4.69) is 12.2 Å². The lowest BCUT2D eigenvalue weighted by atomic mass is 10.1. The van der Waals surface area contributed by atoms with E-state index in [-0.39, 0.29) is 11.9 Å². The fourth-order valence-corrected chi connectivity index (χ4v) is 1.17. The molecule has 1 amide bonds. The Bertz CT molecular complexity index is 150. The number of carbonyl (C=O) groups is 1. The molecule has 0 aromatic rings. The molecule has 0 aliphatic rings. The first kappa shape index (κ1) is 13.4. The SMILES string of the molecule is CCCC[C@H](N)C(=O)NCCCCN. The molecule has 0 fully saturated rings. The van der Waals surface area contributed by atoms with E-state index in [0.717, 1.165) is 32.1 Å². The number of nitrogens with one attached hydrogen (secondary N) is 1. The minimum absolute atomic E-state index is 0.0320. The zero-order valence-electron chi connectivity index (χ0n) is 9.09. The second-order valence-corrected chi connectivity index (χ2v) is 3.54. The summed E-state index contributed by atoms with van der Waals surface area (Å²) in [5, 5.41) is 2.81. The molecule has 84 valence electrons. The van der Waals surface area contributed by atoms with Gasteiger partial charge in [-0.2, -0.15) is 0 Å². The van der Waals surface area contributed by atoms with Crippen molar-refractivity contribution in [1.82, 2.24) is 5.32 Å². The van der Waals surface area contributed by atoms with Crippen LogP contribution in [0.25, 0.3) is 0 Å². The average molecular weight is 201 g/mol. The van der Waals surface area contributed by atoms with E-state index in [1.165, 1.54) is 0 Å². The summed E-state index contributed by atoms with van der Waals surface area (Å²) in [7, 11) is 0. The van der Waals surface area contributed by atoms with E-state index in [9.17, 15) is 4.79 Å². The molecule has 0 rings (SSSR count). The largest absolute Gasteiger partial charge is 0.355 e. The van der Waals surface area contributed by atoms with Gasteiger partial charge in [-0.25, -0.2) is 0 Å². The van der Waals surface area contributed by atoms with Crippen molar-refractivity contribution in [3.8, 4) is 0 Å². The van der Waals surface area contributed by atoms with Crippen LogP contribution in [0.1, 0.15) is 39.0 Å². The number of carbonyl (C=O) groups excluding carboxylic acids is 1. The Morgan fingerprint density at radius 1 is 1.36 bits per heavy atom. The van der Waals surface area contributed by atoms with Crippen LogP contribution in [0, 0.1) is 0 Å². The van der Waals surface area contributed by atoms with Crippen molar-refractivity contribution in [2.24, 2.45) is 11.5 Å². The van der Waals surface area contributed by atoms with Crippen LogP contribution < -0.4 is 16.8 Å². The highest BCUT2D eigenvalue weighted by Crippen LogP contribution is 1.97. The zero-order valence-corrected chi connectivity index (χ0v) is 9.09. The van der Waals surface area contributed by atoms with Gasteiger partial charge >= 0.3 is 0 Å². The van der Waals surface area contributed by atoms with E-state index in [1.807, 2.05) is 0 Å². The normalized spacial score (nSPS) is 12.5. The lowest BCUT2D eigenvalue weighted by Crippen LogP contribution is -2.40. The van der Waals surface area contributed by atoms with Gasteiger partial charge in [0.25, 0.3) is 0 Å². The lowest BCUT2D eigenvalue weighted by molar-refractivity contribution is -0.122. The molecular formula is C10H23N3O. The first-order chi connectivity index (χ1) is 6.72. The van der Waals surface area contributed by atoms with E-state index < -0.39 is 0 Å². The van der Waals surface area contributed by atoms with Gasteiger partial charge in [0.1, 0.15) is 0 Å². The summed E-state index contributed by atoms with van der Waals surface area (Å²) in [4.78, 5) is 11.3. The second kappa shape index (κ2) is 8.97. The summed E-state index contributed by atoms with van der Waals surface area (Å²) in [5.74, 6) is -0.0320. The Balaban J connectivity index is 3.42. The Hall–Kier alpha value is -0.610. The Labute approximate surface area is 86.4 Å². The molecule has 0 radical (unpaired) electrons. The van der Waals surface area contributed by atoms with Crippen LogP contribution in [0.15, 0.2) is 0 Å². The van der Waals surface area contributed by atoms with Gasteiger partial charge in [-0.1, -0.05) is 19.8 Å². The monoisotopic (exact) mass is 201 g/mol. The number of amides is 1. The van der Waals surface area contributed by atoms with Gasteiger partial charge in [0.15, 0.2) is 0 Å². The maximum absolute atomic E-state index is 11.3. The average Bonchev–Trinajstić information content (AvgIpc) is 2.20. The fraction of sp³-hybridized carbons (Fsp3) is 0.900. The molecule has 0 bridgehead atoms. The lowest BCUT2D eigenvalue weighted by Gasteiger charge is -2.11. The molecule has 0 aliphatic heterocycles. The van der Waals surface area contributed by atoms with Gasteiger partial charge in [0.05, 0.1) is 6.04 Å². The molecule has 1 atom stereocenters. The van der Waals surface area contributed by atoms with Crippen molar-refractivity contribution in [1.29, 1.82) is 0 Å². The number of hydrogen-bond donors (Lipinski definition) is 3. The second-order valence-electron chi connectivity index (χ2n) is 3.54.